The van der Waals surface area contributed by atoms with Crippen LogP contribution in [0.2, 0.25) is 0 Å². The molecule has 0 saturated carbocycles. The zero-order chi connectivity index (χ0) is 11.0. The van der Waals surface area contributed by atoms with Crippen molar-refractivity contribution in [1.29, 1.82) is 0 Å². The molecule has 0 N–H and O–H groups in total. The first-order chi connectivity index (χ1) is 7.15. The predicted octanol–water partition coefficient (Wildman–Crippen LogP) is 1.75. The molecule has 5 heteroatoms. The van der Waals surface area contributed by atoms with Gasteiger partial charge in [-0.15, -0.1) is 0 Å². The molecule has 0 radical (unpaired) electrons. The van der Waals surface area contributed by atoms with E-state index in [-0.39, 0.29) is 27.3 Å². The molecule has 0 atom stereocenters. The smallest absolute Gasteiger partial charge is 0.219 e. The molecule has 2 rings (SSSR count). The van der Waals surface area contributed by atoms with E-state index in [0.717, 1.165) is 0 Å². The van der Waals surface area contributed by atoms with Crippen molar-refractivity contribution in [1.82, 2.24) is 4.98 Å². The number of hydrogen-bond acceptors (Lipinski definition) is 4. The first kappa shape index (κ1) is 10.0. The molecule has 0 spiro atoms. The van der Waals surface area contributed by atoms with Crippen molar-refractivity contribution >= 4 is 27.5 Å². The number of allylic oxidation sites excluding steroid dienone is 2. The van der Waals surface area contributed by atoms with Crippen LogP contribution in [0.4, 0.5) is 0 Å². The van der Waals surface area contributed by atoms with Crippen LogP contribution in [-0.4, -0.2) is 23.7 Å². The second kappa shape index (κ2) is 3.58. The Bertz CT molecular complexity index is 493. The number of nitrogens with zero attached hydrogens (tertiary/aromatic N) is 1. The number of rotatable bonds is 1. The van der Waals surface area contributed by atoms with Crippen molar-refractivity contribution in [2.24, 2.45) is 0 Å². The van der Waals surface area contributed by atoms with Gasteiger partial charge in [-0.3, -0.25) is 14.6 Å². The van der Waals surface area contributed by atoms with Crippen molar-refractivity contribution in [3.8, 4) is 5.75 Å². The van der Waals surface area contributed by atoms with Crippen molar-refractivity contribution in [2.75, 3.05) is 7.11 Å². The first-order valence-electron chi connectivity index (χ1n) is 4.14. The number of hydrogen-bond donors (Lipinski definition) is 0. The van der Waals surface area contributed by atoms with E-state index in [4.69, 9.17) is 4.74 Å². The fourth-order valence-electron chi connectivity index (χ4n) is 1.39. The van der Waals surface area contributed by atoms with Gasteiger partial charge in [-0.25, -0.2) is 0 Å². The Morgan fingerprint density at radius 3 is 2.80 bits per heavy atom. The quantitative estimate of drug-likeness (QED) is 0.778. The molecule has 1 heterocycles. The largest absolute Gasteiger partial charge is 0.496 e. The first-order valence-corrected chi connectivity index (χ1v) is 4.93. The predicted molar refractivity (Wildman–Crippen MR) is 56.5 cm³/mol. The Kier molecular flexibility index (Phi) is 2.40. The monoisotopic (exact) mass is 267 g/mol. The molecule has 1 aromatic rings. The zero-order valence-corrected chi connectivity index (χ0v) is 9.37. The lowest BCUT2D eigenvalue weighted by Crippen LogP contribution is -2.17. The maximum Gasteiger partial charge on any atom is 0.219 e. The number of Topliss-reactive ketones (excluding diaryl/α,β-unsaturated/α-hetero) is 1. The maximum atomic E-state index is 11.6. The number of fused-ring (bicyclic) bond motifs is 1. The van der Waals surface area contributed by atoms with E-state index in [1.54, 1.807) is 6.07 Å². The minimum Gasteiger partial charge on any atom is -0.496 e. The number of carbonyl (C=O) groups is 2. The van der Waals surface area contributed by atoms with Crippen LogP contribution in [0.5, 0.6) is 5.75 Å². The number of pyridine rings is 1. The second-order valence-electron chi connectivity index (χ2n) is 2.92. The van der Waals surface area contributed by atoms with Crippen LogP contribution >= 0.6 is 15.9 Å². The van der Waals surface area contributed by atoms with Gasteiger partial charge in [0.1, 0.15) is 11.4 Å². The number of aromatic nitrogens is 1. The second-order valence-corrected chi connectivity index (χ2v) is 3.78. The molecular formula is C10H6BrNO3. The van der Waals surface area contributed by atoms with E-state index in [1.165, 1.54) is 19.4 Å². The maximum absolute atomic E-state index is 11.6. The van der Waals surface area contributed by atoms with Crippen LogP contribution in [-0.2, 0) is 0 Å². The minimum absolute atomic E-state index is 0.133. The normalized spacial score (nSPS) is 14.7. The highest BCUT2D eigenvalue weighted by molar-refractivity contribution is 9.12. The Balaban J connectivity index is 2.71. The summed E-state index contributed by atoms with van der Waals surface area (Å²) in [5.41, 5.74) is 0.363. The van der Waals surface area contributed by atoms with Crippen molar-refractivity contribution < 1.29 is 14.3 Å². The number of halogens is 1. The summed E-state index contributed by atoms with van der Waals surface area (Å²) in [6.45, 7) is 0. The molecule has 1 aliphatic rings. The summed E-state index contributed by atoms with van der Waals surface area (Å²) in [7, 11) is 1.45. The lowest BCUT2D eigenvalue weighted by molar-refractivity contribution is 0.0985. The van der Waals surface area contributed by atoms with Gasteiger partial charge in [0.05, 0.1) is 17.2 Å². The van der Waals surface area contributed by atoms with Crippen LogP contribution in [0.25, 0.3) is 0 Å². The van der Waals surface area contributed by atoms with Crippen LogP contribution in [0.15, 0.2) is 22.8 Å². The third kappa shape index (κ3) is 1.48. The summed E-state index contributed by atoms with van der Waals surface area (Å²) in [4.78, 5) is 27.2. The third-order valence-corrected chi connectivity index (χ3v) is 2.66. The SMILES string of the molecule is COc1ccnc2c1C(=O)C=C(Br)C2=O. The summed E-state index contributed by atoms with van der Waals surface area (Å²) >= 11 is 3.02. The molecule has 0 unspecified atom stereocenters. The molecule has 0 bridgehead atoms. The topological polar surface area (TPSA) is 56.3 Å². The Labute approximate surface area is 94.1 Å². The molecule has 0 saturated heterocycles. The van der Waals surface area contributed by atoms with Crippen molar-refractivity contribution in [2.45, 2.75) is 0 Å². The zero-order valence-electron chi connectivity index (χ0n) is 7.78. The Hall–Kier alpha value is -1.49. The van der Waals surface area contributed by atoms with E-state index < -0.39 is 0 Å². The number of carbonyl (C=O) groups excluding carboxylic acids is 2. The van der Waals surface area contributed by atoms with Gasteiger partial charge >= 0.3 is 0 Å². The molecule has 15 heavy (non-hydrogen) atoms. The van der Waals surface area contributed by atoms with Gasteiger partial charge in [0.15, 0.2) is 5.78 Å². The van der Waals surface area contributed by atoms with E-state index >= 15 is 0 Å². The van der Waals surface area contributed by atoms with E-state index in [9.17, 15) is 9.59 Å². The fourth-order valence-corrected chi connectivity index (χ4v) is 1.79. The molecule has 1 aliphatic carbocycles. The highest BCUT2D eigenvalue weighted by Crippen LogP contribution is 2.29. The van der Waals surface area contributed by atoms with Gasteiger partial charge in [-0.1, -0.05) is 0 Å². The van der Waals surface area contributed by atoms with Crippen molar-refractivity contribution in [3.63, 3.8) is 0 Å². The molecule has 1 aromatic heterocycles. The molecule has 0 aromatic carbocycles. The summed E-state index contributed by atoms with van der Waals surface area (Å²) in [6, 6.07) is 1.55. The Morgan fingerprint density at radius 2 is 2.13 bits per heavy atom. The highest BCUT2D eigenvalue weighted by atomic mass is 79.9. The lowest BCUT2D eigenvalue weighted by Gasteiger charge is -2.13. The molecular weight excluding hydrogens is 262 g/mol. The summed E-state index contributed by atoms with van der Waals surface area (Å²) in [6.07, 6.45) is 2.67. The summed E-state index contributed by atoms with van der Waals surface area (Å²) < 4.78 is 5.23. The van der Waals surface area contributed by atoms with Crippen LogP contribution in [0, 0.1) is 0 Å². The number of ketones is 2. The van der Waals surface area contributed by atoms with Gasteiger partial charge in [-0.05, 0) is 22.0 Å². The molecule has 0 aliphatic heterocycles. The van der Waals surface area contributed by atoms with E-state index in [1.807, 2.05) is 0 Å². The minimum atomic E-state index is -0.302. The average Bonchev–Trinajstić information content (AvgIpc) is 2.25. The summed E-state index contributed by atoms with van der Waals surface area (Å²) in [5, 5.41) is 0. The number of methoxy groups -OCH3 is 1. The van der Waals surface area contributed by atoms with Gasteiger partial charge in [0.25, 0.3) is 0 Å². The standard InChI is InChI=1S/C10H6BrNO3/c1-15-7-2-3-12-9-8(7)6(13)4-5(11)10(9)14/h2-4H,1H3. The fraction of sp³-hybridized carbons (Fsp3) is 0.100. The Morgan fingerprint density at radius 1 is 1.40 bits per heavy atom. The van der Waals surface area contributed by atoms with Gasteiger partial charge < -0.3 is 4.74 Å². The van der Waals surface area contributed by atoms with Gasteiger partial charge in [-0.2, -0.15) is 0 Å². The lowest BCUT2D eigenvalue weighted by atomic mass is 9.99. The van der Waals surface area contributed by atoms with Gasteiger partial charge in [0, 0.05) is 12.3 Å². The van der Waals surface area contributed by atoms with E-state index in [2.05, 4.69) is 20.9 Å². The van der Waals surface area contributed by atoms with Crippen LogP contribution in [0.3, 0.4) is 0 Å². The molecule has 4 nitrogen and oxygen atoms in total. The molecule has 0 amide bonds. The molecule has 0 fully saturated rings. The van der Waals surface area contributed by atoms with Crippen LogP contribution < -0.4 is 4.74 Å². The third-order valence-electron chi connectivity index (χ3n) is 2.07. The van der Waals surface area contributed by atoms with Crippen molar-refractivity contribution in [3.05, 3.63) is 34.1 Å². The number of ether oxygens (including phenoxy) is 1. The average molecular weight is 268 g/mol. The highest BCUT2D eigenvalue weighted by Gasteiger charge is 2.28. The van der Waals surface area contributed by atoms with Gasteiger partial charge in [0.2, 0.25) is 5.78 Å². The molecule has 76 valence electrons. The van der Waals surface area contributed by atoms with E-state index in [0.29, 0.717) is 5.75 Å². The summed E-state index contributed by atoms with van der Waals surface area (Å²) in [5.74, 6) is -0.209. The van der Waals surface area contributed by atoms with Crippen LogP contribution in [0.1, 0.15) is 20.8 Å².